The van der Waals surface area contributed by atoms with E-state index in [2.05, 4.69) is 11.0 Å². The van der Waals surface area contributed by atoms with Gasteiger partial charge >= 0.3 is 0 Å². The minimum absolute atomic E-state index is 0.0429. The largest absolute Gasteiger partial charge is 0.355 e. The van der Waals surface area contributed by atoms with Crippen LogP contribution in [-0.2, 0) is 0 Å². The Bertz CT molecular complexity index is 1120. The molecule has 0 spiro atoms. The molecule has 28 heavy (non-hydrogen) atoms. The second-order valence-electron chi connectivity index (χ2n) is 7.31. The van der Waals surface area contributed by atoms with E-state index in [0.29, 0.717) is 28.2 Å². The van der Waals surface area contributed by atoms with E-state index in [1.165, 1.54) is 6.42 Å². The molecular formula is C24H19N3O. The third-order valence-corrected chi connectivity index (χ3v) is 5.66. The van der Waals surface area contributed by atoms with Gasteiger partial charge in [0.25, 0.3) is 0 Å². The average Bonchev–Trinajstić information content (AvgIpc) is 3.07. The van der Waals surface area contributed by atoms with Gasteiger partial charge in [0.15, 0.2) is 5.78 Å². The number of ketones is 1. The lowest BCUT2D eigenvalue weighted by molar-refractivity contribution is 0.104. The predicted molar refractivity (Wildman–Crippen MR) is 109 cm³/mol. The molecule has 136 valence electrons. The zero-order valence-electron chi connectivity index (χ0n) is 15.5. The maximum Gasteiger partial charge on any atom is 0.196 e. The van der Waals surface area contributed by atoms with Crippen molar-refractivity contribution in [1.82, 2.24) is 4.98 Å². The molecule has 0 amide bonds. The summed E-state index contributed by atoms with van der Waals surface area (Å²) in [6.45, 7) is 1.79. The summed E-state index contributed by atoms with van der Waals surface area (Å²) in [7, 11) is 0. The molecule has 2 aliphatic rings. The van der Waals surface area contributed by atoms with Crippen LogP contribution >= 0.6 is 0 Å². The molecule has 2 aromatic carbocycles. The van der Waals surface area contributed by atoms with Gasteiger partial charge in [-0.2, -0.15) is 5.26 Å². The van der Waals surface area contributed by atoms with Crippen LogP contribution in [0.25, 0.3) is 22.4 Å². The van der Waals surface area contributed by atoms with Gasteiger partial charge in [-0.1, -0.05) is 54.6 Å². The minimum atomic E-state index is -0.0429. The van der Waals surface area contributed by atoms with Crippen molar-refractivity contribution >= 4 is 11.6 Å². The summed E-state index contributed by atoms with van der Waals surface area (Å²) in [5, 5.41) is 10.1. The van der Waals surface area contributed by atoms with Crippen LogP contribution in [0, 0.1) is 11.3 Å². The van der Waals surface area contributed by atoms with E-state index in [-0.39, 0.29) is 5.78 Å². The van der Waals surface area contributed by atoms with Gasteiger partial charge < -0.3 is 4.90 Å². The average molecular weight is 365 g/mol. The van der Waals surface area contributed by atoms with Crippen LogP contribution in [0.1, 0.15) is 40.7 Å². The summed E-state index contributed by atoms with van der Waals surface area (Å²) >= 11 is 0. The first-order chi connectivity index (χ1) is 13.8. The van der Waals surface area contributed by atoms with Crippen molar-refractivity contribution in [3.63, 3.8) is 0 Å². The molecule has 1 aromatic heterocycles. The van der Waals surface area contributed by atoms with Crippen molar-refractivity contribution in [3.05, 3.63) is 71.3 Å². The zero-order chi connectivity index (χ0) is 19.1. The second-order valence-corrected chi connectivity index (χ2v) is 7.31. The number of piperidine rings is 1. The normalized spacial score (nSPS) is 15.1. The number of rotatable bonds is 2. The molecule has 1 aliphatic carbocycles. The molecule has 0 atom stereocenters. The number of fused-ring (bicyclic) bond motifs is 3. The maximum atomic E-state index is 13.3. The Kier molecular flexibility index (Phi) is 3.95. The molecule has 1 aliphatic heterocycles. The Morgan fingerprint density at radius 2 is 1.54 bits per heavy atom. The molecule has 0 saturated carbocycles. The summed E-state index contributed by atoms with van der Waals surface area (Å²) in [4.78, 5) is 20.4. The number of nitriles is 1. The Labute approximate surface area is 164 Å². The third kappa shape index (κ3) is 2.44. The number of anilines is 1. The molecule has 1 saturated heterocycles. The molecule has 0 radical (unpaired) electrons. The lowest BCUT2D eigenvalue weighted by Crippen LogP contribution is -2.31. The monoisotopic (exact) mass is 365 g/mol. The summed E-state index contributed by atoms with van der Waals surface area (Å²) in [6, 6.07) is 19.8. The fraction of sp³-hybridized carbons (Fsp3) is 0.208. The van der Waals surface area contributed by atoms with Crippen molar-refractivity contribution in [1.29, 1.82) is 5.26 Å². The molecule has 0 unspecified atom stereocenters. The molecule has 2 heterocycles. The van der Waals surface area contributed by atoms with Crippen LogP contribution in [0.5, 0.6) is 0 Å². The van der Waals surface area contributed by atoms with E-state index in [1.807, 2.05) is 54.6 Å². The first kappa shape index (κ1) is 16.7. The quantitative estimate of drug-likeness (QED) is 0.511. The van der Waals surface area contributed by atoms with Crippen molar-refractivity contribution in [3.8, 4) is 28.5 Å². The third-order valence-electron chi connectivity index (χ3n) is 5.66. The molecule has 1 fully saturated rings. The number of carbonyl (C=O) groups is 1. The van der Waals surface area contributed by atoms with Crippen molar-refractivity contribution < 1.29 is 4.79 Å². The van der Waals surface area contributed by atoms with Gasteiger partial charge in [0.1, 0.15) is 17.5 Å². The highest BCUT2D eigenvalue weighted by atomic mass is 16.1. The van der Waals surface area contributed by atoms with E-state index in [9.17, 15) is 10.1 Å². The van der Waals surface area contributed by atoms with E-state index < -0.39 is 0 Å². The smallest absolute Gasteiger partial charge is 0.196 e. The molecule has 5 rings (SSSR count). The van der Waals surface area contributed by atoms with Crippen LogP contribution in [0.2, 0.25) is 0 Å². The van der Waals surface area contributed by atoms with Crippen molar-refractivity contribution in [2.75, 3.05) is 18.0 Å². The van der Waals surface area contributed by atoms with Crippen molar-refractivity contribution in [2.45, 2.75) is 19.3 Å². The van der Waals surface area contributed by atoms with E-state index >= 15 is 0 Å². The Morgan fingerprint density at radius 1 is 0.857 bits per heavy atom. The highest BCUT2D eigenvalue weighted by Crippen LogP contribution is 2.45. The first-order valence-corrected chi connectivity index (χ1v) is 9.72. The fourth-order valence-electron chi connectivity index (χ4n) is 4.34. The topological polar surface area (TPSA) is 57.0 Å². The van der Waals surface area contributed by atoms with Gasteiger partial charge in [-0.3, -0.25) is 4.79 Å². The zero-order valence-corrected chi connectivity index (χ0v) is 15.5. The number of carbonyl (C=O) groups excluding carboxylic acids is 1. The molecule has 0 bridgehead atoms. The van der Waals surface area contributed by atoms with Gasteiger partial charge in [-0.05, 0) is 24.8 Å². The van der Waals surface area contributed by atoms with Crippen LogP contribution in [0.4, 0.5) is 5.82 Å². The first-order valence-electron chi connectivity index (χ1n) is 9.72. The number of aromatic nitrogens is 1. The lowest BCUT2D eigenvalue weighted by atomic mass is 9.96. The SMILES string of the molecule is N#Cc1c(N2CCCCC2)nc(-c2ccccc2)c2c1-c1ccccc1C2=O. The number of benzene rings is 2. The summed E-state index contributed by atoms with van der Waals surface area (Å²) in [5.74, 6) is 0.669. The predicted octanol–water partition coefficient (Wildman–Crippen LogP) is 4.82. The Hall–Kier alpha value is -3.45. The molecule has 4 nitrogen and oxygen atoms in total. The fourth-order valence-corrected chi connectivity index (χ4v) is 4.34. The van der Waals surface area contributed by atoms with Gasteiger partial charge in [0.05, 0.1) is 11.3 Å². The van der Waals surface area contributed by atoms with Crippen LogP contribution < -0.4 is 4.90 Å². The maximum absolute atomic E-state index is 13.3. The summed E-state index contributed by atoms with van der Waals surface area (Å²) in [5.41, 5.74) is 4.91. The second kappa shape index (κ2) is 6.61. The van der Waals surface area contributed by atoms with Gasteiger partial charge in [0.2, 0.25) is 0 Å². The Balaban J connectivity index is 1.85. The number of pyridine rings is 1. The van der Waals surface area contributed by atoms with Gasteiger partial charge in [0, 0.05) is 29.8 Å². The van der Waals surface area contributed by atoms with Crippen LogP contribution in [0.3, 0.4) is 0 Å². The van der Waals surface area contributed by atoms with Crippen molar-refractivity contribution in [2.24, 2.45) is 0 Å². The molecule has 4 heteroatoms. The number of hydrogen-bond acceptors (Lipinski definition) is 4. The van der Waals surface area contributed by atoms with Gasteiger partial charge in [-0.15, -0.1) is 0 Å². The standard InChI is InChI=1S/C24H19N3O/c25-15-19-20-17-11-5-6-12-18(17)23(28)21(20)22(16-9-3-1-4-10-16)26-24(19)27-13-7-2-8-14-27/h1,3-6,9-12H,2,7-8,13-14H2. The van der Waals surface area contributed by atoms with E-state index in [4.69, 9.17) is 4.98 Å². The van der Waals surface area contributed by atoms with E-state index in [0.717, 1.165) is 42.6 Å². The number of nitrogens with zero attached hydrogens (tertiary/aromatic N) is 3. The minimum Gasteiger partial charge on any atom is -0.355 e. The molecule has 0 N–H and O–H groups in total. The molecular weight excluding hydrogens is 346 g/mol. The summed E-state index contributed by atoms with van der Waals surface area (Å²) < 4.78 is 0. The highest BCUT2D eigenvalue weighted by molar-refractivity contribution is 6.25. The van der Waals surface area contributed by atoms with Crippen LogP contribution in [-0.4, -0.2) is 23.9 Å². The summed E-state index contributed by atoms with van der Waals surface area (Å²) in [6.07, 6.45) is 3.40. The van der Waals surface area contributed by atoms with E-state index in [1.54, 1.807) is 0 Å². The molecule has 3 aromatic rings. The highest BCUT2D eigenvalue weighted by Gasteiger charge is 2.35. The van der Waals surface area contributed by atoms with Crippen LogP contribution in [0.15, 0.2) is 54.6 Å². The number of hydrogen-bond donors (Lipinski definition) is 0. The lowest BCUT2D eigenvalue weighted by Gasteiger charge is -2.29. The van der Waals surface area contributed by atoms with Gasteiger partial charge in [-0.25, -0.2) is 4.98 Å². The Morgan fingerprint density at radius 3 is 2.25 bits per heavy atom.